The molecule has 0 bridgehead atoms. The molecule has 6 nitrogen and oxygen atoms in total. The van der Waals surface area contributed by atoms with Crippen LogP contribution in [0.15, 0.2) is 5.16 Å². The van der Waals surface area contributed by atoms with E-state index in [9.17, 15) is 4.79 Å². The van der Waals surface area contributed by atoms with Gasteiger partial charge in [0.05, 0.1) is 11.8 Å². The number of thioether (sulfide) groups is 1. The molecule has 2 aliphatic rings. The Kier molecular flexibility index (Phi) is 5.33. The van der Waals surface area contributed by atoms with Crippen LogP contribution in [0.4, 0.5) is 0 Å². The number of carbonyl (C=O) groups excluding carboxylic acids is 1. The smallest absolute Gasteiger partial charge is 0.235 e. The van der Waals surface area contributed by atoms with Gasteiger partial charge in [0.25, 0.3) is 0 Å². The van der Waals surface area contributed by atoms with E-state index in [-0.39, 0.29) is 11.1 Å². The number of hydrogen-bond donors (Lipinski definition) is 2. The molecule has 0 aromatic heterocycles. The van der Waals surface area contributed by atoms with Gasteiger partial charge >= 0.3 is 0 Å². The molecule has 2 aliphatic heterocycles. The lowest BCUT2D eigenvalue weighted by Gasteiger charge is -2.36. The van der Waals surface area contributed by atoms with Crippen molar-refractivity contribution in [3.63, 3.8) is 0 Å². The third-order valence-corrected chi connectivity index (χ3v) is 5.02. The fourth-order valence-corrected chi connectivity index (χ4v) is 3.81. The summed E-state index contributed by atoms with van der Waals surface area (Å²) >= 11 is 1.80. The number of amidine groups is 1. The lowest BCUT2D eigenvalue weighted by Crippen LogP contribution is -2.52. The number of rotatable bonds is 3. The second-order valence-electron chi connectivity index (χ2n) is 5.05. The van der Waals surface area contributed by atoms with Crippen LogP contribution >= 0.6 is 11.8 Å². The Morgan fingerprint density at radius 1 is 1.32 bits per heavy atom. The van der Waals surface area contributed by atoms with Gasteiger partial charge in [-0.05, 0) is 18.6 Å². The predicted octanol–water partition coefficient (Wildman–Crippen LogP) is 0.163. The molecule has 1 amide bonds. The van der Waals surface area contributed by atoms with Gasteiger partial charge in [0.15, 0.2) is 5.84 Å². The zero-order valence-electron chi connectivity index (χ0n) is 11.1. The van der Waals surface area contributed by atoms with Crippen LogP contribution in [0.1, 0.15) is 19.3 Å². The van der Waals surface area contributed by atoms with Crippen molar-refractivity contribution in [2.24, 2.45) is 10.9 Å². The number of oxime groups is 1. The average Bonchev–Trinajstić information content (AvgIpc) is 2.48. The van der Waals surface area contributed by atoms with E-state index in [4.69, 9.17) is 10.9 Å². The molecule has 3 N–H and O–H groups in total. The van der Waals surface area contributed by atoms with Gasteiger partial charge in [0, 0.05) is 26.2 Å². The first-order chi connectivity index (χ1) is 9.20. The van der Waals surface area contributed by atoms with E-state index in [2.05, 4.69) is 10.1 Å². The van der Waals surface area contributed by atoms with Crippen molar-refractivity contribution in [3.8, 4) is 0 Å². The van der Waals surface area contributed by atoms with Crippen LogP contribution in [-0.4, -0.2) is 70.5 Å². The molecule has 1 unspecified atom stereocenters. The fourth-order valence-electron chi connectivity index (χ4n) is 2.53. The van der Waals surface area contributed by atoms with Gasteiger partial charge in [-0.3, -0.25) is 9.69 Å². The lowest BCUT2D eigenvalue weighted by atomic mass is 10.1. The summed E-state index contributed by atoms with van der Waals surface area (Å²) in [5, 5.41) is 11.7. The molecular formula is C12H22N4O2S. The molecule has 2 saturated heterocycles. The first-order valence-electron chi connectivity index (χ1n) is 6.80. The molecule has 0 spiro atoms. The van der Waals surface area contributed by atoms with Gasteiger partial charge in [0.2, 0.25) is 5.91 Å². The van der Waals surface area contributed by atoms with E-state index in [0.717, 1.165) is 38.4 Å². The highest BCUT2D eigenvalue weighted by atomic mass is 32.2. The molecule has 7 heteroatoms. The summed E-state index contributed by atoms with van der Waals surface area (Å²) < 4.78 is 0. The molecule has 0 saturated carbocycles. The maximum atomic E-state index is 12.3. The molecule has 0 radical (unpaired) electrons. The van der Waals surface area contributed by atoms with Crippen molar-refractivity contribution in [1.29, 1.82) is 0 Å². The Labute approximate surface area is 118 Å². The van der Waals surface area contributed by atoms with Crippen LogP contribution in [0.2, 0.25) is 0 Å². The number of nitrogens with zero attached hydrogens (tertiary/aromatic N) is 3. The molecule has 1 atom stereocenters. The van der Waals surface area contributed by atoms with Crippen LogP contribution < -0.4 is 5.73 Å². The molecule has 0 aromatic carbocycles. The Hall–Kier alpha value is -0.950. The van der Waals surface area contributed by atoms with Crippen molar-refractivity contribution in [3.05, 3.63) is 0 Å². The van der Waals surface area contributed by atoms with Crippen LogP contribution in [0.3, 0.4) is 0 Å². The second kappa shape index (κ2) is 7.00. The Bertz CT molecular complexity index is 337. The quantitative estimate of drug-likeness (QED) is 0.334. The summed E-state index contributed by atoms with van der Waals surface area (Å²) in [6.45, 7) is 3.54. The summed E-state index contributed by atoms with van der Waals surface area (Å²) in [6.07, 6.45) is 3.43. The SMILES string of the molecule is NC(CN1CCN(C(=O)C2CCCCS2)CC1)=NO. The maximum Gasteiger partial charge on any atom is 0.235 e. The van der Waals surface area contributed by atoms with Crippen molar-refractivity contribution in [2.45, 2.75) is 24.5 Å². The van der Waals surface area contributed by atoms with E-state index in [1.54, 1.807) is 11.8 Å². The van der Waals surface area contributed by atoms with Crippen molar-refractivity contribution in [1.82, 2.24) is 9.80 Å². The van der Waals surface area contributed by atoms with E-state index < -0.39 is 0 Å². The summed E-state index contributed by atoms with van der Waals surface area (Å²) in [5.74, 6) is 1.63. The number of hydrogen-bond acceptors (Lipinski definition) is 5. The van der Waals surface area contributed by atoms with Gasteiger partial charge in [-0.2, -0.15) is 0 Å². The van der Waals surface area contributed by atoms with Crippen molar-refractivity contribution < 1.29 is 10.0 Å². The largest absolute Gasteiger partial charge is 0.409 e. The third-order valence-electron chi connectivity index (χ3n) is 3.65. The molecule has 108 valence electrons. The summed E-state index contributed by atoms with van der Waals surface area (Å²) in [6, 6.07) is 0. The standard InChI is InChI=1S/C12H22N4O2S/c13-11(14-18)9-15-4-6-16(7-5-15)12(17)10-3-1-2-8-19-10/h10,18H,1-9H2,(H2,13,14). The first-order valence-corrected chi connectivity index (χ1v) is 7.84. The Morgan fingerprint density at radius 3 is 2.63 bits per heavy atom. The molecule has 19 heavy (non-hydrogen) atoms. The molecule has 2 fully saturated rings. The van der Waals surface area contributed by atoms with E-state index >= 15 is 0 Å². The number of carbonyl (C=O) groups is 1. The highest BCUT2D eigenvalue weighted by Crippen LogP contribution is 2.26. The average molecular weight is 286 g/mol. The molecule has 0 aromatic rings. The predicted molar refractivity (Wildman–Crippen MR) is 76.5 cm³/mol. The van der Waals surface area contributed by atoms with E-state index in [0.29, 0.717) is 12.5 Å². The number of nitrogens with two attached hydrogens (primary N) is 1. The topological polar surface area (TPSA) is 82.2 Å². The molecule has 2 heterocycles. The lowest BCUT2D eigenvalue weighted by molar-refractivity contribution is -0.132. The fraction of sp³-hybridized carbons (Fsp3) is 0.833. The first kappa shape index (κ1) is 14.5. The summed E-state index contributed by atoms with van der Waals surface area (Å²) in [4.78, 5) is 16.4. The summed E-state index contributed by atoms with van der Waals surface area (Å²) in [5.41, 5.74) is 5.49. The van der Waals surface area contributed by atoms with Gasteiger partial charge in [-0.15, -0.1) is 11.8 Å². The summed E-state index contributed by atoms with van der Waals surface area (Å²) in [7, 11) is 0. The van der Waals surface area contributed by atoms with Crippen LogP contribution in [-0.2, 0) is 4.79 Å². The van der Waals surface area contributed by atoms with Gasteiger partial charge in [-0.25, -0.2) is 0 Å². The second-order valence-corrected chi connectivity index (χ2v) is 6.36. The monoisotopic (exact) mass is 286 g/mol. The van der Waals surface area contributed by atoms with E-state index in [1.807, 2.05) is 4.90 Å². The number of amides is 1. The minimum atomic E-state index is 0.171. The highest BCUT2D eigenvalue weighted by Gasteiger charge is 2.28. The van der Waals surface area contributed by atoms with Gasteiger partial charge < -0.3 is 15.8 Å². The third kappa shape index (κ3) is 4.01. The van der Waals surface area contributed by atoms with Crippen LogP contribution in [0.25, 0.3) is 0 Å². The van der Waals surface area contributed by atoms with Crippen molar-refractivity contribution in [2.75, 3.05) is 38.5 Å². The molecule has 2 rings (SSSR count). The number of piperazine rings is 1. The Morgan fingerprint density at radius 2 is 2.05 bits per heavy atom. The van der Waals surface area contributed by atoms with Crippen LogP contribution in [0.5, 0.6) is 0 Å². The molecular weight excluding hydrogens is 264 g/mol. The van der Waals surface area contributed by atoms with Gasteiger partial charge in [-0.1, -0.05) is 11.6 Å². The Balaban J connectivity index is 1.77. The molecule has 0 aliphatic carbocycles. The van der Waals surface area contributed by atoms with Gasteiger partial charge in [0.1, 0.15) is 0 Å². The van der Waals surface area contributed by atoms with Crippen molar-refractivity contribution >= 4 is 23.5 Å². The van der Waals surface area contributed by atoms with Crippen LogP contribution in [0, 0.1) is 0 Å². The highest BCUT2D eigenvalue weighted by molar-refractivity contribution is 8.00. The zero-order valence-corrected chi connectivity index (χ0v) is 11.9. The van der Waals surface area contributed by atoms with E-state index in [1.165, 1.54) is 12.8 Å². The normalized spacial score (nSPS) is 26.4. The zero-order chi connectivity index (χ0) is 13.7. The maximum absolute atomic E-state index is 12.3. The minimum Gasteiger partial charge on any atom is -0.409 e. The minimum absolute atomic E-state index is 0.171.